The number of aliphatic hydroxyl groups excluding tert-OH is 2. The Balaban J connectivity index is 0. The third-order valence-electron chi connectivity index (χ3n) is 8.53. The predicted octanol–water partition coefficient (Wildman–Crippen LogP) is 8.45. The van der Waals surface area contributed by atoms with Gasteiger partial charge < -0.3 is 57.8 Å². The quantitative estimate of drug-likeness (QED) is 0.105. The van der Waals surface area contributed by atoms with Crippen molar-refractivity contribution in [2.45, 2.75) is 100 Å². The molecule has 2 amide bonds. The number of aldehydes is 1. The van der Waals surface area contributed by atoms with E-state index in [0.717, 1.165) is 90.1 Å². The van der Waals surface area contributed by atoms with Gasteiger partial charge in [0, 0.05) is 99.9 Å². The van der Waals surface area contributed by atoms with Gasteiger partial charge in [0.25, 0.3) is 0 Å². The largest absolute Gasteiger partial charge is 0.468 e. The number of carbonyl (C=O) groups excluding carboxylic acids is 3. The maximum atomic E-state index is 11.9. The van der Waals surface area contributed by atoms with Gasteiger partial charge in [-0.3, -0.25) is 14.6 Å². The molecule has 402 valence electrons. The average molecular weight is 1060 g/mol. The highest BCUT2D eigenvalue weighted by molar-refractivity contribution is 8.26. The van der Waals surface area contributed by atoms with Gasteiger partial charge in [-0.15, -0.1) is 0 Å². The molecule has 0 bridgehead atoms. The Morgan fingerprint density at radius 3 is 1.16 bits per heavy atom. The van der Waals surface area contributed by atoms with Crippen LogP contribution in [-0.4, -0.2) is 148 Å². The summed E-state index contributed by atoms with van der Waals surface area (Å²) >= 11 is 0. The standard InChI is InChI=1S/C14H22N2O3.C9H18N2O2.C9H14N2O.2C5H6O2.C2HF3O.2CH4.Cl2OS/c1-14(2,3)19-13(17)16-8-6-15(7-9-16)11-12-5-4-10-18-12;1-9(2,3)13-8(12)11-6-4-10-5-7-11;1-2-9(12-7-1)8-11-5-3-10-4-6-11;2*6-4-5-2-1-3-7-5;3-2(4,5)1-6;;;1-4(2)3/h4-5,10H,6-9,11H2,1-3H3;10H,4-7H2,1-3H3;1-2,7,10H,3-6,8H2;2*1-3,6H,4H2;1H;2*1H4;. The number of hydrogen-bond acceptors (Lipinski definition) is 16. The third-order valence-corrected chi connectivity index (χ3v) is 8.53. The molecule has 18 nitrogen and oxygen atoms in total. The predicted molar refractivity (Wildman–Crippen MR) is 264 cm³/mol. The number of carbonyl (C=O) groups is 3. The summed E-state index contributed by atoms with van der Waals surface area (Å²) < 4.78 is 71.0. The second-order valence-electron chi connectivity index (χ2n) is 16.5. The van der Waals surface area contributed by atoms with Gasteiger partial charge in [0.2, 0.25) is 15.5 Å². The molecule has 0 saturated carbocycles. The Bertz CT molecular complexity index is 1830. The second-order valence-corrected chi connectivity index (χ2v) is 19.0. The summed E-state index contributed by atoms with van der Waals surface area (Å²) in [7, 11) is 7.36. The lowest BCUT2D eigenvalue weighted by Gasteiger charge is -2.35. The van der Waals surface area contributed by atoms with Gasteiger partial charge in [0.1, 0.15) is 47.5 Å². The monoisotopic (exact) mass is 1060 g/mol. The highest BCUT2D eigenvalue weighted by Crippen LogP contribution is 2.14. The molecule has 0 aliphatic carbocycles. The number of aliphatic hydroxyl groups is 2. The molecule has 0 aromatic carbocycles. The first kappa shape index (κ1) is 67.7. The van der Waals surface area contributed by atoms with Gasteiger partial charge in [0.05, 0.1) is 38.1 Å². The number of hydrogen-bond donors (Lipinski definition) is 4. The second kappa shape index (κ2) is 37.4. The number of piperazine rings is 3. The fraction of sp³-hybridized carbons (Fsp3) is 0.587. The van der Waals surface area contributed by atoms with Gasteiger partial charge in [-0.1, -0.05) is 14.9 Å². The molecule has 0 spiro atoms. The molecule has 3 aliphatic rings. The lowest BCUT2D eigenvalue weighted by Crippen LogP contribution is -2.49. The topological polar surface area (TPSA) is 217 Å². The first-order valence-corrected chi connectivity index (χ1v) is 24.2. The molecule has 4 aromatic rings. The molecule has 4 aromatic heterocycles. The van der Waals surface area contributed by atoms with Crippen LogP contribution in [0, 0.1) is 0 Å². The van der Waals surface area contributed by atoms with Crippen molar-refractivity contribution in [1.29, 1.82) is 0 Å². The number of nitrogens with zero attached hydrogens (tertiary/aromatic N) is 4. The fourth-order valence-electron chi connectivity index (χ4n) is 5.51. The van der Waals surface area contributed by atoms with Gasteiger partial charge in [-0.25, -0.2) is 13.8 Å². The SMILES string of the molecule is C.C.CC(C)(C)OC(=O)N1CCN(Cc2ccco2)CC1.CC(C)(C)OC(=O)N1CCNCC1.O=CC(F)(F)F.O=S(Cl)Cl.OCc1ccco1.OCc1ccco1.c1coc(CN2CCNCC2)c1. The van der Waals surface area contributed by atoms with E-state index in [1.807, 2.05) is 65.8 Å². The molecule has 7 heterocycles. The minimum Gasteiger partial charge on any atom is -0.468 e. The smallest absolute Gasteiger partial charge is 0.446 e. The van der Waals surface area contributed by atoms with E-state index in [2.05, 4.69) is 41.8 Å². The average Bonchev–Trinajstić information content (AvgIpc) is 4.15. The van der Waals surface area contributed by atoms with E-state index < -0.39 is 27.3 Å². The Morgan fingerprint density at radius 1 is 0.614 bits per heavy atom. The lowest BCUT2D eigenvalue weighted by atomic mass is 10.2. The molecule has 3 saturated heterocycles. The van der Waals surface area contributed by atoms with Crippen molar-refractivity contribution in [3.8, 4) is 0 Å². The van der Waals surface area contributed by atoms with Crippen LogP contribution in [0.25, 0.3) is 0 Å². The van der Waals surface area contributed by atoms with Crippen LogP contribution >= 0.6 is 21.4 Å². The number of alkyl halides is 3. The van der Waals surface area contributed by atoms with E-state index in [1.165, 1.54) is 12.5 Å². The summed E-state index contributed by atoms with van der Waals surface area (Å²) in [6.45, 7) is 23.8. The summed E-state index contributed by atoms with van der Waals surface area (Å²) in [5.41, 5.74) is -0.815. The van der Waals surface area contributed by atoms with E-state index in [4.69, 9.17) is 46.4 Å². The molecular formula is C46H75Cl2F3N6O12S. The van der Waals surface area contributed by atoms with Gasteiger partial charge in [-0.05, 0) is 90.1 Å². The maximum Gasteiger partial charge on any atom is 0.446 e. The molecule has 0 atom stereocenters. The van der Waals surface area contributed by atoms with Crippen molar-refractivity contribution in [1.82, 2.24) is 30.2 Å². The van der Waals surface area contributed by atoms with E-state index in [9.17, 15) is 22.8 Å². The van der Waals surface area contributed by atoms with Gasteiger partial charge >= 0.3 is 18.4 Å². The fourth-order valence-corrected chi connectivity index (χ4v) is 5.51. The normalized spacial score (nSPS) is 14.9. The van der Waals surface area contributed by atoms with Crippen molar-refractivity contribution in [3.05, 3.63) is 96.6 Å². The van der Waals surface area contributed by atoms with E-state index in [0.29, 0.717) is 24.6 Å². The summed E-state index contributed by atoms with van der Waals surface area (Å²) in [5.74, 6) is 3.25. The van der Waals surface area contributed by atoms with E-state index in [1.54, 1.807) is 46.6 Å². The highest BCUT2D eigenvalue weighted by Gasteiger charge is 2.27. The van der Waals surface area contributed by atoms with Gasteiger partial charge in [0.15, 0.2) is 0 Å². The first-order chi connectivity index (χ1) is 32.0. The zero-order chi connectivity index (χ0) is 51.0. The van der Waals surface area contributed by atoms with E-state index >= 15 is 0 Å². The number of ether oxygens (including phenoxy) is 2. The Hall–Kier alpha value is -4.39. The van der Waals surface area contributed by atoms with Crippen LogP contribution < -0.4 is 10.6 Å². The molecule has 7 rings (SSSR count). The zero-order valence-electron chi connectivity index (χ0n) is 39.4. The third kappa shape index (κ3) is 36.5. The van der Waals surface area contributed by atoms with Crippen LogP contribution in [0.3, 0.4) is 0 Å². The summed E-state index contributed by atoms with van der Waals surface area (Å²) in [4.78, 5) is 40.3. The summed E-state index contributed by atoms with van der Waals surface area (Å²) in [6.07, 6.45) is 0.368. The minimum atomic E-state index is -4.64. The molecule has 0 unspecified atom stereocenters. The van der Waals surface area contributed by atoms with Crippen LogP contribution in [0.2, 0.25) is 0 Å². The van der Waals surface area contributed by atoms with Crippen molar-refractivity contribution in [2.24, 2.45) is 0 Å². The number of halogens is 5. The van der Waals surface area contributed by atoms with Crippen LogP contribution in [0.1, 0.15) is 79.4 Å². The zero-order valence-corrected chi connectivity index (χ0v) is 41.7. The van der Waals surface area contributed by atoms with Crippen molar-refractivity contribution in [3.63, 3.8) is 0 Å². The Morgan fingerprint density at radius 2 is 0.900 bits per heavy atom. The van der Waals surface area contributed by atoms with Crippen LogP contribution in [0.5, 0.6) is 0 Å². The van der Waals surface area contributed by atoms with Crippen LogP contribution in [0.4, 0.5) is 22.8 Å². The molecular weight excluding hydrogens is 989 g/mol. The number of nitrogens with one attached hydrogen (secondary N) is 2. The Labute approximate surface area is 422 Å². The minimum absolute atomic E-state index is 0. The number of furan rings is 4. The molecule has 3 fully saturated rings. The van der Waals surface area contributed by atoms with Crippen molar-refractivity contribution >= 4 is 49.1 Å². The Kier molecular flexibility index (Phi) is 36.2. The molecule has 24 heteroatoms. The molecule has 0 radical (unpaired) electrons. The first-order valence-electron chi connectivity index (χ1n) is 21.4. The number of amides is 2. The molecule has 70 heavy (non-hydrogen) atoms. The summed E-state index contributed by atoms with van der Waals surface area (Å²) in [5, 5.41) is 23.2. The maximum absolute atomic E-state index is 11.9. The lowest BCUT2D eigenvalue weighted by molar-refractivity contribution is -0.156. The van der Waals surface area contributed by atoms with Crippen molar-refractivity contribution < 1.29 is 69.1 Å². The molecule has 4 N–H and O–H groups in total. The highest BCUT2D eigenvalue weighted by atomic mass is 36.0. The molecule has 3 aliphatic heterocycles. The summed E-state index contributed by atoms with van der Waals surface area (Å²) in [6, 6.07) is 14.8. The van der Waals surface area contributed by atoms with Gasteiger partial charge in [-0.2, -0.15) is 13.2 Å². The van der Waals surface area contributed by atoms with Crippen LogP contribution in [0.15, 0.2) is 91.3 Å². The van der Waals surface area contributed by atoms with E-state index in [-0.39, 0.29) is 45.9 Å². The number of rotatable bonds is 6. The van der Waals surface area contributed by atoms with Crippen molar-refractivity contribution in [2.75, 3.05) is 78.5 Å². The van der Waals surface area contributed by atoms with Crippen LogP contribution in [-0.2, 0) is 49.8 Å².